The first-order valence-corrected chi connectivity index (χ1v) is 11.3. The minimum atomic E-state index is -0.209. The lowest BCUT2D eigenvalue weighted by molar-refractivity contribution is 0.0195. The number of benzene rings is 4. The van der Waals surface area contributed by atoms with Gasteiger partial charge in [-0.3, -0.25) is 0 Å². The summed E-state index contributed by atoms with van der Waals surface area (Å²) >= 11 is 0. The third kappa shape index (κ3) is 3.47. The highest BCUT2D eigenvalue weighted by atomic mass is 16.5. The Morgan fingerprint density at radius 3 is 1.76 bits per heavy atom. The number of para-hydroxylation sites is 1. The number of rotatable bonds is 6. The fraction of sp³-hybridized carbons (Fsp3) is 0.200. The molecule has 1 aliphatic rings. The van der Waals surface area contributed by atoms with Gasteiger partial charge in [0.05, 0.1) is 14.2 Å². The number of ether oxygens (including phenoxy) is 4. The van der Waals surface area contributed by atoms with Crippen molar-refractivity contribution in [3.05, 3.63) is 90.5 Å². The molecule has 4 aromatic rings. The van der Waals surface area contributed by atoms with Crippen molar-refractivity contribution in [1.29, 1.82) is 0 Å². The number of hydrogen-bond acceptors (Lipinski definition) is 4. The predicted molar refractivity (Wildman–Crippen MR) is 139 cm³/mol. The summed E-state index contributed by atoms with van der Waals surface area (Å²) in [4.78, 5) is 0. The second-order valence-electron chi connectivity index (χ2n) is 8.25. The molecule has 0 aliphatic heterocycles. The summed E-state index contributed by atoms with van der Waals surface area (Å²) in [6.45, 7) is 0. The van der Waals surface area contributed by atoms with Crippen LogP contribution in [0.1, 0.15) is 5.56 Å². The Kier molecular flexibility index (Phi) is 6.10. The highest BCUT2D eigenvalue weighted by molar-refractivity contribution is 6.19. The average molecular weight is 453 g/mol. The molecule has 0 fully saturated rings. The molecule has 4 nitrogen and oxygen atoms in total. The molecule has 4 heteroatoms. The Hall–Kier alpha value is -3.60. The molecule has 0 amide bonds. The zero-order valence-electron chi connectivity index (χ0n) is 19.9. The van der Waals surface area contributed by atoms with Gasteiger partial charge < -0.3 is 18.9 Å². The summed E-state index contributed by atoms with van der Waals surface area (Å²) in [6.07, 6.45) is 5.88. The first kappa shape index (κ1) is 22.2. The minimum Gasteiger partial charge on any atom is -0.493 e. The lowest BCUT2D eigenvalue weighted by Gasteiger charge is -2.29. The predicted octanol–water partition coefficient (Wildman–Crippen LogP) is 6.66. The molecule has 2 unspecified atom stereocenters. The van der Waals surface area contributed by atoms with Crippen LogP contribution in [0, 0.1) is 0 Å². The van der Waals surface area contributed by atoms with E-state index in [0.717, 1.165) is 49.6 Å². The summed E-state index contributed by atoms with van der Waals surface area (Å²) in [7, 11) is 6.82. The first-order chi connectivity index (χ1) is 16.7. The normalized spacial score (nSPS) is 17.7. The van der Waals surface area contributed by atoms with Gasteiger partial charge in [0.25, 0.3) is 0 Å². The van der Waals surface area contributed by atoms with Gasteiger partial charge in [0.15, 0.2) is 11.5 Å². The molecule has 0 saturated carbocycles. The number of allylic oxidation sites excluding steroid dienone is 2. The molecule has 34 heavy (non-hydrogen) atoms. The van der Waals surface area contributed by atoms with E-state index in [1.54, 1.807) is 28.4 Å². The van der Waals surface area contributed by atoms with E-state index in [2.05, 4.69) is 66.7 Å². The molecule has 1 aliphatic carbocycles. The molecule has 0 aromatic heterocycles. The van der Waals surface area contributed by atoms with Crippen LogP contribution < -0.4 is 9.47 Å². The molecule has 2 atom stereocenters. The molecule has 172 valence electrons. The fourth-order valence-electron chi connectivity index (χ4n) is 5.14. The molecule has 0 N–H and O–H groups in total. The number of hydrogen-bond donors (Lipinski definition) is 0. The first-order valence-electron chi connectivity index (χ1n) is 11.3. The van der Waals surface area contributed by atoms with E-state index in [9.17, 15) is 0 Å². The van der Waals surface area contributed by atoms with Crippen molar-refractivity contribution >= 4 is 27.1 Å². The SMILES string of the molecule is COc1cccc(-c2c3ccccc3c(C3=CC=CC(OC)C3OC)c3ccccc23)c1OC. The Balaban J connectivity index is 1.92. The highest BCUT2D eigenvalue weighted by Gasteiger charge is 2.29. The highest BCUT2D eigenvalue weighted by Crippen LogP contribution is 2.47. The lowest BCUT2D eigenvalue weighted by atomic mass is 9.82. The summed E-state index contributed by atoms with van der Waals surface area (Å²) in [5.41, 5.74) is 4.38. The van der Waals surface area contributed by atoms with Gasteiger partial charge in [0, 0.05) is 25.3 Å². The van der Waals surface area contributed by atoms with E-state index in [1.165, 1.54) is 0 Å². The van der Waals surface area contributed by atoms with Gasteiger partial charge in [0.1, 0.15) is 12.2 Å². The lowest BCUT2D eigenvalue weighted by Crippen LogP contribution is -2.31. The van der Waals surface area contributed by atoms with Crippen LogP contribution in [-0.2, 0) is 9.47 Å². The maximum Gasteiger partial charge on any atom is 0.168 e. The Labute approximate surface area is 200 Å². The second-order valence-corrected chi connectivity index (χ2v) is 8.25. The van der Waals surface area contributed by atoms with Crippen molar-refractivity contribution in [1.82, 2.24) is 0 Å². The molecule has 0 spiro atoms. The molecular weight excluding hydrogens is 424 g/mol. The van der Waals surface area contributed by atoms with Crippen LogP contribution in [-0.4, -0.2) is 40.6 Å². The van der Waals surface area contributed by atoms with Gasteiger partial charge >= 0.3 is 0 Å². The minimum absolute atomic E-state index is 0.152. The van der Waals surface area contributed by atoms with Crippen molar-refractivity contribution in [3.8, 4) is 22.6 Å². The van der Waals surface area contributed by atoms with Gasteiger partial charge in [-0.2, -0.15) is 0 Å². The Bertz CT molecular complexity index is 1360. The summed E-state index contributed by atoms with van der Waals surface area (Å²) in [6, 6.07) is 23.1. The Morgan fingerprint density at radius 1 is 0.618 bits per heavy atom. The standard InChI is InChI=1S/C30H28O4/c1-31-25-17-9-15-23(29(25)33-3)27-19-11-5-7-13-21(19)28(22-14-8-6-12-20(22)27)24-16-10-18-26(32-2)30(24)34-4/h5-18,25,29H,1-4H3. The van der Waals surface area contributed by atoms with E-state index in [1.807, 2.05) is 18.2 Å². The van der Waals surface area contributed by atoms with E-state index in [4.69, 9.17) is 18.9 Å². The van der Waals surface area contributed by atoms with E-state index < -0.39 is 0 Å². The van der Waals surface area contributed by atoms with Gasteiger partial charge in [0.2, 0.25) is 0 Å². The van der Waals surface area contributed by atoms with E-state index in [-0.39, 0.29) is 12.2 Å². The monoisotopic (exact) mass is 452 g/mol. The molecule has 0 saturated heterocycles. The van der Waals surface area contributed by atoms with Crippen LogP contribution >= 0.6 is 0 Å². The van der Waals surface area contributed by atoms with Gasteiger partial charge in [-0.25, -0.2) is 0 Å². The van der Waals surface area contributed by atoms with Crippen molar-refractivity contribution in [2.75, 3.05) is 28.4 Å². The van der Waals surface area contributed by atoms with Crippen molar-refractivity contribution in [3.63, 3.8) is 0 Å². The largest absolute Gasteiger partial charge is 0.493 e. The van der Waals surface area contributed by atoms with Crippen LogP contribution in [0.4, 0.5) is 0 Å². The third-order valence-corrected chi connectivity index (χ3v) is 6.60. The van der Waals surface area contributed by atoms with Crippen molar-refractivity contribution < 1.29 is 18.9 Å². The van der Waals surface area contributed by atoms with Crippen LogP contribution in [0.25, 0.3) is 38.2 Å². The zero-order chi connectivity index (χ0) is 23.7. The summed E-state index contributed by atoms with van der Waals surface area (Å²) < 4.78 is 23.2. The van der Waals surface area contributed by atoms with Gasteiger partial charge in [-0.05, 0) is 38.7 Å². The zero-order valence-corrected chi connectivity index (χ0v) is 19.9. The molecular formula is C30H28O4. The van der Waals surface area contributed by atoms with Crippen LogP contribution in [0.5, 0.6) is 11.5 Å². The van der Waals surface area contributed by atoms with E-state index >= 15 is 0 Å². The van der Waals surface area contributed by atoms with Crippen LogP contribution in [0.3, 0.4) is 0 Å². The maximum absolute atomic E-state index is 5.96. The van der Waals surface area contributed by atoms with Crippen LogP contribution in [0.15, 0.2) is 85.0 Å². The summed E-state index contributed by atoms with van der Waals surface area (Å²) in [5.74, 6) is 1.43. The summed E-state index contributed by atoms with van der Waals surface area (Å²) in [5, 5.41) is 4.59. The molecule has 0 radical (unpaired) electrons. The molecule has 0 bridgehead atoms. The molecule has 0 heterocycles. The third-order valence-electron chi connectivity index (χ3n) is 6.60. The second kappa shape index (κ2) is 9.34. The number of fused-ring (bicyclic) bond motifs is 2. The smallest absolute Gasteiger partial charge is 0.168 e. The maximum atomic E-state index is 5.96. The van der Waals surface area contributed by atoms with Crippen LogP contribution in [0.2, 0.25) is 0 Å². The molecule has 5 rings (SSSR count). The quantitative estimate of drug-likeness (QED) is 0.307. The molecule has 4 aromatic carbocycles. The Morgan fingerprint density at radius 2 is 1.24 bits per heavy atom. The fourth-order valence-corrected chi connectivity index (χ4v) is 5.14. The van der Waals surface area contributed by atoms with Crippen molar-refractivity contribution in [2.24, 2.45) is 0 Å². The van der Waals surface area contributed by atoms with E-state index in [0.29, 0.717) is 5.75 Å². The number of methoxy groups -OCH3 is 4. The topological polar surface area (TPSA) is 36.9 Å². The van der Waals surface area contributed by atoms with Gasteiger partial charge in [-0.15, -0.1) is 0 Å². The van der Waals surface area contributed by atoms with Gasteiger partial charge in [-0.1, -0.05) is 78.9 Å². The average Bonchev–Trinajstić information content (AvgIpc) is 2.90. The van der Waals surface area contributed by atoms with Crippen molar-refractivity contribution in [2.45, 2.75) is 12.2 Å².